The van der Waals surface area contributed by atoms with Crippen LogP contribution in [0.25, 0.3) is 248 Å². The summed E-state index contributed by atoms with van der Waals surface area (Å²) in [6, 6.07) is 131. The Morgan fingerprint density at radius 3 is 0.702 bits per heavy atom. The van der Waals surface area contributed by atoms with Crippen molar-refractivity contribution >= 4 is 164 Å². The maximum atomic E-state index is 6.23. The summed E-state index contributed by atoms with van der Waals surface area (Å²) >= 11 is 0. The van der Waals surface area contributed by atoms with Crippen LogP contribution in [0.4, 0.5) is 0 Å². The number of hydrogen-bond donors (Lipinski definition) is 0. The lowest BCUT2D eigenvalue weighted by Gasteiger charge is -2.13. The summed E-state index contributed by atoms with van der Waals surface area (Å²) in [6.07, 6.45) is 0. The number of fused-ring (bicyclic) bond motifs is 21. The molecule has 25 rings (SSSR count). The van der Waals surface area contributed by atoms with Crippen molar-refractivity contribution in [2.45, 2.75) is 0 Å². The fourth-order valence-electron chi connectivity index (χ4n) is 18.3. The number of furan rings is 3. The molecule has 0 N–H and O–H groups in total. The molecule has 7 heterocycles. The van der Waals surface area contributed by atoms with Crippen molar-refractivity contribution in [1.29, 1.82) is 0 Å². The van der Waals surface area contributed by atoms with Gasteiger partial charge in [0.2, 0.25) is 0 Å². The van der Waals surface area contributed by atoms with Gasteiger partial charge in [0.25, 0.3) is 0 Å². The third-order valence-corrected chi connectivity index (χ3v) is 23.8. The highest BCUT2D eigenvalue weighted by atomic mass is 16.3. The van der Waals surface area contributed by atoms with E-state index in [1.165, 1.54) is 32.3 Å². The van der Waals surface area contributed by atoms with Crippen LogP contribution in [0.5, 0.6) is 0 Å². The highest BCUT2D eigenvalue weighted by molar-refractivity contribution is 6.16. The summed E-state index contributed by atoms with van der Waals surface area (Å²) < 4.78 is 25.9. The normalized spacial score (nSPS) is 12.2. The maximum Gasteiger partial charge on any atom is 0.164 e. The molecule has 0 amide bonds. The zero-order valence-electron chi connectivity index (χ0n) is 61.0. The van der Waals surface area contributed by atoms with Gasteiger partial charge in [-0.2, -0.15) is 0 Å². The fourth-order valence-corrected chi connectivity index (χ4v) is 18.3. The lowest BCUT2D eigenvalue weighted by molar-refractivity contribution is 0.668. The standard InChI is InChI=1S/C105H60N6O3/c1-7-19-91-79(13-1)85-55-67(70-37-46-100-88(58-70)82-16-4-10-22-97(82)112-100)34-43-94(85)109(91)76-40-31-61-49-73(28-25-64(61)52-76)103-106-104(74-29-26-65-53-77(41-32-62(65)50-74)110-92-20-8-2-14-80(92)86-56-68(35-44-95(86)110)71-38-47-101-89(59-71)83-17-5-11-23-98(83)113-101)108-105(107-103)75-30-27-66-54-78(42-33-63(66)51-75)111-93-21-9-3-15-81(93)87-57-69(36-45-96(87)111)72-39-48-102-90(60-72)84-18-6-12-24-99(84)114-102/h1-60H. The molecular formula is C105H60N6O3. The van der Waals surface area contributed by atoms with E-state index in [4.69, 9.17) is 28.2 Å². The molecule has 7 aromatic heterocycles. The van der Waals surface area contributed by atoms with Crippen molar-refractivity contribution in [2.75, 3.05) is 0 Å². The lowest BCUT2D eigenvalue weighted by Crippen LogP contribution is -2.00. The van der Waals surface area contributed by atoms with Crippen molar-refractivity contribution in [3.05, 3.63) is 364 Å². The predicted molar refractivity (Wildman–Crippen MR) is 470 cm³/mol. The molecule has 25 aromatic rings. The number of aromatic nitrogens is 6. The molecule has 0 saturated carbocycles. The second kappa shape index (κ2) is 24.0. The minimum atomic E-state index is 0.584. The minimum Gasteiger partial charge on any atom is -0.456 e. The molecule has 0 aliphatic rings. The van der Waals surface area contributed by atoms with E-state index in [0.717, 1.165) is 198 Å². The average Bonchev–Trinajstić information content (AvgIpc) is 1.64. The molecule has 0 fully saturated rings. The molecule has 9 nitrogen and oxygen atoms in total. The Kier molecular flexibility index (Phi) is 13.2. The van der Waals surface area contributed by atoms with Crippen LogP contribution in [-0.4, -0.2) is 28.7 Å². The van der Waals surface area contributed by atoms with Crippen molar-refractivity contribution < 1.29 is 13.3 Å². The minimum absolute atomic E-state index is 0.584. The molecule has 0 atom stereocenters. The quantitative estimate of drug-likeness (QED) is 0.143. The molecule has 0 radical (unpaired) electrons. The van der Waals surface area contributed by atoms with E-state index < -0.39 is 0 Å². The molecule has 0 saturated heterocycles. The Bertz CT molecular complexity index is 7680. The zero-order valence-corrected chi connectivity index (χ0v) is 61.0. The van der Waals surface area contributed by atoms with Gasteiger partial charge in [-0.25, -0.2) is 15.0 Å². The van der Waals surface area contributed by atoms with Gasteiger partial charge in [-0.05, 0) is 229 Å². The third kappa shape index (κ3) is 9.63. The number of nitrogens with zero attached hydrogens (tertiary/aromatic N) is 6. The first-order valence-electron chi connectivity index (χ1n) is 38.6. The van der Waals surface area contributed by atoms with Crippen molar-refractivity contribution in [3.8, 4) is 84.6 Å². The van der Waals surface area contributed by atoms with Crippen molar-refractivity contribution in [3.63, 3.8) is 0 Å². The van der Waals surface area contributed by atoms with Crippen LogP contribution < -0.4 is 0 Å². The zero-order chi connectivity index (χ0) is 74.4. The number of benzene rings is 18. The van der Waals surface area contributed by atoms with E-state index in [0.29, 0.717) is 17.5 Å². The Morgan fingerprint density at radius 1 is 0.158 bits per heavy atom. The topological polar surface area (TPSA) is 92.9 Å². The maximum absolute atomic E-state index is 6.23. The molecule has 0 spiro atoms. The van der Waals surface area contributed by atoms with Crippen LogP contribution in [0.15, 0.2) is 377 Å². The van der Waals surface area contributed by atoms with Gasteiger partial charge in [0.05, 0.1) is 33.1 Å². The van der Waals surface area contributed by atoms with Gasteiger partial charge in [0.1, 0.15) is 33.5 Å². The number of para-hydroxylation sites is 6. The van der Waals surface area contributed by atoms with Gasteiger partial charge in [-0.3, -0.25) is 0 Å². The molecule has 9 heteroatoms. The molecule has 0 unspecified atom stereocenters. The molecule has 0 aliphatic heterocycles. The first kappa shape index (κ1) is 62.4. The van der Waals surface area contributed by atoms with Crippen LogP contribution in [0.1, 0.15) is 0 Å². The van der Waals surface area contributed by atoms with E-state index in [1.807, 2.05) is 36.4 Å². The summed E-state index contributed by atoms with van der Waals surface area (Å²) in [5, 5.41) is 20.4. The fraction of sp³-hybridized carbons (Fsp3) is 0. The first-order valence-corrected chi connectivity index (χ1v) is 38.6. The van der Waals surface area contributed by atoms with Gasteiger partial charge in [-0.15, -0.1) is 0 Å². The summed E-state index contributed by atoms with van der Waals surface area (Å²) in [7, 11) is 0. The van der Waals surface area contributed by atoms with Gasteiger partial charge in [0.15, 0.2) is 17.5 Å². The Morgan fingerprint density at radius 2 is 0.386 bits per heavy atom. The average molecular weight is 1450 g/mol. The van der Waals surface area contributed by atoms with Gasteiger partial charge in [-0.1, -0.05) is 200 Å². The molecule has 18 aromatic carbocycles. The van der Waals surface area contributed by atoms with E-state index in [9.17, 15) is 0 Å². The third-order valence-electron chi connectivity index (χ3n) is 23.8. The first-order chi connectivity index (χ1) is 56.4. The Labute approximate surface area is 649 Å². The van der Waals surface area contributed by atoms with E-state index in [2.05, 4.69) is 341 Å². The monoisotopic (exact) mass is 1450 g/mol. The van der Waals surface area contributed by atoms with E-state index in [-0.39, 0.29) is 0 Å². The molecular weight excluding hydrogens is 1390 g/mol. The van der Waals surface area contributed by atoms with E-state index in [1.54, 1.807) is 0 Å². The second-order valence-corrected chi connectivity index (χ2v) is 30.2. The molecule has 0 bridgehead atoms. The van der Waals surface area contributed by atoms with Crippen LogP contribution in [-0.2, 0) is 0 Å². The highest BCUT2D eigenvalue weighted by Gasteiger charge is 2.22. The predicted octanol–water partition coefficient (Wildman–Crippen LogP) is 28.3. The lowest BCUT2D eigenvalue weighted by atomic mass is 10.0. The van der Waals surface area contributed by atoms with Crippen LogP contribution in [0, 0.1) is 0 Å². The number of rotatable bonds is 9. The van der Waals surface area contributed by atoms with Gasteiger partial charge < -0.3 is 27.0 Å². The molecule has 0 aliphatic carbocycles. The Hall–Kier alpha value is -15.5. The van der Waals surface area contributed by atoms with Crippen LogP contribution in [0.2, 0.25) is 0 Å². The van der Waals surface area contributed by atoms with Gasteiger partial charge in [0, 0.05) is 98.4 Å². The largest absolute Gasteiger partial charge is 0.456 e. The van der Waals surface area contributed by atoms with Gasteiger partial charge >= 0.3 is 0 Å². The van der Waals surface area contributed by atoms with Crippen molar-refractivity contribution in [2.24, 2.45) is 0 Å². The SMILES string of the molecule is c1ccc2c(c1)oc1ccc(-c3ccc4c(c3)c3ccccc3n4-c3ccc4cc(-c5nc(-c6ccc7cc(-n8c9ccccc9c9cc(-c%10ccc%11oc%12ccccc%12c%11c%10)ccc98)ccc7c6)nc(-c6ccc7cc(-n8c9ccccc9c9cc(-c%10ccc%11oc%12ccccc%12c%11c%10)ccc98)ccc7c6)n5)ccc4c3)cc12. The van der Waals surface area contributed by atoms with Crippen LogP contribution >= 0.6 is 0 Å². The summed E-state index contributed by atoms with van der Waals surface area (Å²) in [5.41, 5.74) is 25.0. The van der Waals surface area contributed by atoms with Crippen LogP contribution in [0.3, 0.4) is 0 Å². The Balaban J connectivity index is 0.585. The highest BCUT2D eigenvalue weighted by Crippen LogP contribution is 2.44. The summed E-state index contributed by atoms with van der Waals surface area (Å²) in [4.78, 5) is 16.3. The summed E-state index contributed by atoms with van der Waals surface area (Å²) in [5.74, 6) is 1.75. The number of hydrogen-bond acceptors (Lipinski definition) is 6. The second-order valence-electron chi connectivity index (χ2n) is 30.2. The summed E-state index contributed by atoms with van der Waals surface area (Å²) in [6.45, 7) is 0. The van der Waals surface area contributed by atoms with Crippen molar-refractivity contribution in [1.82, 2.24) is 28.7 Å². The molecule has 528 valence electrons. The van der Waals surface area contributed by atoms with E-state index >= 15 is 0 Å². The smallest absolute Gasteiger partial charge is 0.164 e. The molecule has 114 heavy (non-hydrogen) atoms.